The highest BCUT2D eigenvalue weighted by Crippen LogP contribution is 2.41. The van der Waals surface area contributed by atoms with Gasteiger partial charge in [0.2, 0.25) is 5.91 Å². The van der Waals surface area contributed by atoms with Gasteiger partial charge in [0, 0.05) is 45.0 Å². The number of fused-ring (bicyclic) bond motifs is 1. The zero-order valence-electron chi connectivity index (χ0n) is 21.2. The van der Waals surface area contributed by atoms with Crippen molar-refractivity contribution in [3.05, 3.63) is 98.1 Å². The van der Waals surface area contributed by atoms with Gasteiger partial charge in [-0.15, -0.1) is 11.3 Å². The maximum atomic E-state index is 12.6. The number of hydrogen-bond donors (Lipinski definition) is 1. The molecule has 1 N–H and O–H groups in total. The Labute approximate surface area is 235 Å². The molecule has 2 aromatic heterocycles. The molecule has 5 rings (SSSR count). The molecule has 1 aliphatic rings. The molecule has 0 saturated carbocycles. The lowest BCUT2D eigenvalue weighted by Gasteiger charge is -2.11. The minimum absolute atomic E-state index is 0.0473. The van der Waals surface area contributed by atoms with Crippen LogP contribution in [-0.2, 0) is 11.2 Å². The predicted octanol–water partition coefficient (Wildman–Crippen LogP) is 7.47. The summed E-state index contributed by atoms with van der Waals surface area (Å²) in [5.41, 5.74) is 6.05. The van der Waals surface area contributed by atoms with Crippen LogP contribution in [0.2, 0.25) is 10.0 Å². The number of aromatic nitrogens is 1. The standard InChI is InChI=1S/C30H26Cl2N2O3S/c1-17-12-20(18(2)34(17)24-7-5-23(31)6-8-24)4-11-29(36)33-16-25-14-22-13-21(15-26(32)30(22)37-25)28-10-9-27(38-28)19(3)35/h4-13,15,25H,14,16H2,1-3H3,(H,33,36)/b11-4+. The maximum Gasteiger partial charge on any atom is 0.244 e. The molecule has 194 valence electrons. The molecule has 1 unspecified atom stereocenters. The first kappa shape index (κ1) is 26.3. The molecule has 0 aliphatic carbocycles. The van der Waals surface area contributed by atoms with Gasteiger partial charge in [-0.2, -0.15) is 0 Å². The normalized spacial score (nSPS) is 14.5. The molecule has 1 aliphatic heterocycles. The van der Waals surface area contributed by atoms with Crippen LogP contribution < -0.4 is 10.1 Å². The van der Waals surface area contributed by atoms with Crippen LogP contribution in [-0.4, -0.2) is 28.9 Å². The average Bonchev–Trinajstić information content (AvgIpc) is 3.60. The van der Waals surface area contributed by atoms with Crippen molar-refractivity contribution in [1.29, 1.82) is 0 Å². The lowest BCUT2D eigenvalue weighted by atomic mass is 10.1. The van der Waals surface area contributed by atoms with Crippen LogP contribution in [0.3, 0.4) is 0 Å². The molecule has 3 heterocycles. The fourth-order valence-electron chi connectivity index (χ4n) is 4.71. The van der Waals surface area contributed by atoms with E-state index in [0.717, 1.165) is 38.6 Å². The van der Waals surface area contributed by atoms with Gasteiger partial charge in [0.15, 0.2) is 5.78 Å². The van der Waals surface area contributed by atoms with Crippen LogP contribution in [0.25, 0.3) is 22.2 Å². The maximum absolute atomic E-state index is 12.6. The summed E-state index contributed by atoms with van der Waals surface area (Å²) in [6.45, 7) is 5.98. The molecule has 4 aromatic rings. The third-order valence-electron chi connectivity index (χ3n) is 6.56. The third kappa shape index (κ3) is 5.44. The Kier molecular flexibility index (Phi) is 7.48. The minimum Gasteiger partial charge on any atom is -0.486 e. The molecule has 0 bridgehead atoms. The highest BCUT2D eigenvalue weighted by Gasteiger charge is 2.26. The van der Waals surface area contributed by atoms with Gasteiger partial charge in [0.1, 0.15) is 11.9 Å². The minimum atomic E-state index is -0.207. The van der Waals surface area contributed by atoms with E-state index in [0.29, 0.717) is 33.6 Å². The Morgan fingerprint density at radius 1 is 1.11 bits per heavy atom. The van der Waals surface area contributed by atoms with E-state index in [2.05, 4.69) is 22.0 Å². The van der Waals surface area contributed by atoms with E-state index in [1.807, 2.05) is 62.4 Å². The Balaban J connectivity index is 1.21. The van der Waals surface area contributed by atoms with Gasteiger partial charge < -0.3 is 14.6 Å². The first-order valence-electron chi connectivity index (χ1n) is 12.2. The average molecular weight is 566 g/mol. The van der Waals surface area contributed by atoms with Gasteiger partial charge in [-0.3, -0.25) is 9.59 Å². The number of benzene rings is 2. The monoisotopic (exact) mass is 564 g/mol. The summed E-state index contributed by atoms with van der Waals surface area (Å²) >= 11 is 14.0. The summed E-state index contributed by atoms with van der Waals surface area (Å²) in [5, 5.41) is 4.16. The van der Waals surface area contributed by atoms with Gasteiger partial charge in [-0.25, -0.2) is 0 Å². The van der Waals surface area contributed by atoms with Crippen molar-refractivity contribution in [2.45, 2.75) is 33.3 Å². The van der Waals surface area contributed by atoms with Crippen LogP contribution in [0.1, 0.15) is 39.1 Å². The summed E-state index contributed by atoms with van der Waals surface area (Å²) < 4.78 is 8.18. The summed E-state index contributed by atoms with van der Waals surface area (Å²) in [6.07, 6.45) is 3.81. The quantitative estimate of drug-likeness (QED) is 0.187. The Morgan fingerprint density at radius 3 is 2.58 bits per heavy atom. The second-order valence-corrected chi connectivity index (χ2v) is 11.3. The van der Waals surface area contributed by atoms with Crippen molar-refractivity contribution in [2.24, 2.45) is 0 Å². The number of ketones is 1. The van der Waals surface area contributed by atoms with Crippen LogP contribution in [0.4, 0.5) is 0 Å². The van der Waals surface area contributed by atoms with Crippen LogP contribution in [0.15, 0.2) is 60.7 Å². The molecule has 2 aromatic carbocycles. The molecule has 38 heavy (non-hydrogen) atoms. The fourth-order valence-corrected chi connectivity index (χ4v) is 6.01. The number of amides is 1. The largest absolute Gasteiger partial charge is 0.486 e. The van der Waals surface area contributed by atoms with E-state index in [-0.39, 0.29) is 17.8 Å². The Hall–Kier alpha value is -3.32. The third-order valence-corrected chi connectivity index (χ3v) is 8.33. The van der Waals surface area contributed by atoms with Crippen molar-refractivity contribution in [1.82, 2.24) is 9.88 Å². The number of hydrogen-bond acceptors (Lipinski definition) is 4. The Bertz CT molecular complexity index is 1570. The van der Waals surface area contributed by atoms with Crippen molar-refractivity contribution in [2.75, 3.05) is 6.54 Å². The van der Waals surface area contributed by atoms with Crippen molar-refractivity contribution >= 4 is 52.3 Å². The van der Waals surface area contributed by atoms with Gasteiger partial charge in [-0.1, -0.05) is 23.2 Å². The molecular formula is C30H26Cl2N2O3S. The van der Waals surface area contributed by atoms with Crippen LogP contribution in [0.5, 0.6) is 5.75 Å². The highest BCUT2D eigenvalue weighted by molar-refractivity contribution is 7.17. The summed E-state index contributed by atoms with van der Waals surface area (Å²) in [4.78, 5) is 26.0. The molecule has 8 heteroatoms. The summed E-state index contributed by atoms with van der Waals surface area (Å²) in [6, 6.07) is 17.4. The topological polar surface area (TPSA) is 60.3 Å². The second-order valence-electron chi connectivity index (χ2n) is 9.33. The molecule has 1 atom stereocenters. The molecule has 0 spiro atoms. The lowest BCUT2D eigenvalue weighted by Crippen LogP contribution is -2.33. The summed E-state index contributed by atoms with van der Waals surface area (Å²) in [5.74, 6) is 0.511. The van der Waals surface area contributed by atoms with Crippen molar-refractivity contribution in [3.8, 4) is 21.9 Å². The van der Waals surface area contributed by atoms with Crippen LogP contribution in [0, 0.1) is 13.8 Å². The van der Waals surface area contributed by atoms with Gasteiger partial charge in [0.25, 0.3) is 0 Å². The molecule has 0 radical (unpaired) electrons. The van der Waals surface area contributed by atoms with Crippen molar-refractivity contribution in [3.63, 3.8) is 0 Å². The molecule has 0 saturated heterocycles. The number of thiophene rings is 1. The zero-order valence-corrected chi connectivity index (χ0v) is 23.5. The molecule has 0 fully saturated rings. The number of rotatable bonds is 7. The molecule has 1 amide bonds. The summed E-state index contributed by atoms with van der Waals surface area (Å²) in [7, 11) is 0. The fraction of sp³-hybridized carbons (Fsp3) is 0.200. The van der Waals surface area contributed by atoms with Gasteiger partial charge >= 0.3 is 0 Å². The van der Waals surface area contributed by atoms with E-state index < -0.39 is 0 Å². The first-order valence-corrected chi connectivity index (χ1v) is 13.8. The number of Topliss-reactive ketones (excluding diaryl/α,β-unsaturated/α-hetero) is 1. The zero-order chi connectivity index (χ0) is 27.0. The molecular weight excluding hydrogens is 539 g/mol. The smallest absolute Gasteiger partial charge is 0.244 e. The number of carbonyl (C=O) groups is 2. The molecule has 5 nitrogen and oxygen atoms in total. The Morgan fingerprint density at radius 2 is 1.87 bits per heavy atom. The van der Waals surface area contributed by atoms with Crippen molar-refractivity contribution < 1.29 is 14.3 Å². The van der Waals surface area contributed by atoms with Gasteiger partial charge in [0.05, 0.1) is 16.4 Å². The number of carbonyl (C=O) groups excluding carboxylic acids is 2. The van der Waals surface area contributed by atoms with E-state index in [4.69, 9.17) is 27.9 Å². The number of halogens is 2. The number of aryl methyl sites for hydroxylation is 1. The number of nitrogens with one attached hydrogen (secondary N) is 1. The van der Waals surface area contributed by atoms with Crippen LogP contribution >= 0.6 is 34.5 Å². The van der Waals surface area contributed by atoms with E-state index in [1.54, 1.807) is 13.0 Å². The lowest BCUT2D eigenvalue weighted by molar-refractivity contribution is -0.116. The van der Waals surface area contributed by atoms with E-state index in [9.17, 15) is 9.59 Å². The highest BCUT2D eigenvalue weighted by atomic mass is 35.5. The second kappa shape index (κ2) is 10.8. The predicted molar refractivity (Wildman–Crippen MR) is 155 cm³/mol. The number of ether oxygens (including phenoxy) is 1. The van der Waals surface area contributed by atoms with Gasteiger partial charge in [-0.05, 0) is 92.6 Å². The SMILES string of the molecule is CC(=O)c1ccc(-c2cc(Cl)c3c(c2)CC(CNC(=O)/C=C/c2cc(C)n(-c4ccc(Cl)cc4)c2C)O3)s1. The number of nitrogens with zero attached hydrogens (tertiary/aromatic N) is 1. The van der Waals surface area contributed by atoms with E-state index >= 15 is 0 Å². The first-order chi connectivity index (χ1) is 18.2. The van der Waals surface area contributed by atoms with E-state index in [1.165, 1.54) is 11.3 Å².